The summed E-state index contributed by atoms with van der Waals surface area (Å²) in [7, 11) is 1.76. The molecule has 0 aromatic rings. The molecule has 0 amide bonds. The van der Waals surface area contributed by atoms with Crippen molar-refractivity contribution >= 4 is 0 Å². The fraction of sp³-hybridized carbons (Fsp3) is 1.00. The molecule has 2 unspecified atom stereocenters. The molecule has 2 N–H and O–H groups in total. The average Bonchev–Trinajstić information content (AvgIpc) is 3.28. The Bertz CT molecular complexity index is 297. The highest BCUT2D eigenvalue weighted by Gasteiger charge is 2.39. The summed E-state index contributed by atoms with van der Waals surface area (Å²) < 4.78 is 5.15. The van der Waals surface area contributed by atoms with E-state index in [-0.39, 0.29) is 0 Å². The zero-order valence-electron chi connectivity index (χ0n) is 13.9. The molecular formula is C17H34N2O2. The van der Waals surface area contributed by atoms with E-state index < -0.39 is 0 Å². The minimum absolute atomic E-state index is 0.291. The number of aliphatic hydroxyl groups is 1. The Kier molecular flexibility index (Phi) is 6.93. The van der Waals surface area contributed by atoms with Crippen molar-refractivity contribution in [1.82, 2.24) is 10.2 Å². The molecule has 124 valence electrons. The molecule has 2 aliphatic rings. The fourth-order valence-electron chi connectivity index (χ4n) is 4.05. The van der Waals surface area contributed by atoms with Gasteiger partial charge in [0.05, 0.1) is 13.2 Å². The summed E-state index contributed by atoms with van der Waals surface area (Å²) in [6.07, 6.45) is 8.02. The van der Waals surface area contributed by atoms with Gasteiger partial charge in [0.25, 0.3) is 0 Å². The highest BCUT2D eigenvalue weighted by atomic mass is 16.5. The van der Waals surface area contributed by atoms with Crippen LogP contribution in [0.15, 0.2) is 0 Å². The van der Waals surface area contributed by atoms with Crippen LogP contribution >= 0.6 is 0 Å². The second-order valence-electron chi connectivity index (χ2n) is 7.30. The van der Waals surface area contributed by atoms with E-state index in [2.05, 4.69) is 17.1 Å². The van der Waals surface area contributed by atoms with Crippen LogP contribution in [-0.4, -0.2) is 62.6 Å². The molecule has 2 rings (SSSR count). The lowest BCUT2D eigenvalue weighted by Gasteiger charge is -2.43. The molecule has 0 aromatic heterocycles. The minimum atomic E-state index is 0.291. The first kappa shape index (κ1) is 17.2. The van der Waals surface area contributed by atoms with Gasteiger partial charge in [0.15, 0.2) is 0 Å². The van der Waals surface area contributed by atoms with Crippen LogP contribution in [0.25, 0.3) is 0 Å². The Labute approximate surface area is 130 Å². The predicted molar refractivity (Wildman–Crippen MR) is 86.5 cm³/mol. The molecule has 2 saturated carbocycles. The third-order valence-electron chi connectivity index (χ3n) is 5.16. The predicted octanol–water partition coefficient (Wildman–Crippen LogP) is 1.88. The smallest absolute Gasteiger partial charge is 0.0587 e. The maximum Gasteiger partial charge on any atom is 0.0587 e. The van der Waals surface area contributed by atoms with Gasteiger partial charge in [-0.2, -0.15) is 0 Å². The van der Waals surface area contributed by atoms with E-state index in [1.165, 1.54) is 38.5 Å². The Morgan fingerprint density at radius 3 is 2.76 bits per heavy atom. The summed E-state index contributed by atoms with van der Waals surface area (Å²) >= 11 is 0. The second kappa shape index (κ2) is 8.47. The summed E-state index contributed by atoms with van der Waals surface area (Å²) in [6, 6.07) is 0.741. The van der Waals surface area contributed by atoms with Crippen molar-refractivity contribution < 1.29 is 9.84 Å². The van der Waals surface area contributed by atoms with E-state index in [1.54, 1.807) is 7.11 Å². The standard InChI is InChI=1S/C17H34N2O2/c1-15-4-3-7-17(12-15,13-18-8-11-21-2)14-19(9-10-20)16-5-6-16/h15-16,18,20H,3-14H2,1-2H3. The van der Waals surface area contributed by atoms with Gasteiger partial charge in [-0.25, -0.2) is 0 Å². The summed E-state index contributed by atoms with van der Waals surface area (Å²) in [6.45, 7) is 7.51. The number of aliphatic hydroxyl groups excluding tert-OH is 1. The van der Waals surface area contributed by atoms with E-state index in [0.29, 0.717) is 12.0 Å². The summed E-state index contributed by atoms with van der Waals surface area (Å²) in [5.74, 6) is 0.832. The first-order valence-corrected chi connectivity index (χ1v) is 8.74. The Hall–Kier alpha value is -0.160. The van der Waals surface area contributed by atoms with Gasteiger partial charge >= 0.3 is 0 Å². The van der Waals surface area contributed by atoms with Crippen molar-refractivity contribution in [2.75, 3.05) is 46.5 Å². The normalized spacial score (nSPS) is 30.0. The maximum atomic E-state index is 9.35. The SMILES string of the molecule is COCCNCC1(CN(CCO)C2CC2)CCCC(C)C1. The highest BCUT2D eigenvalue weighted by molar-refractivity contribution is 4.94. The van der Waals surface area contributed by atoms with Gasteiger partial charge in [-0.3, -0.25) is 4.90 Å². The van der Waals surface area contributed by atoms with Gasteiger partial charge < -0.3 is 15.2 Å². The average molecular weight is 298 g/mol. The summed E-state index contributed by atoms with van der Waals surface area (Å²) in [5, 5.41) is 13.0. The van der Waals surface area contributed by atoms with Crippen molar-refractivity contribution in [2.24, 2.45) is 11.3 Å². The van der Waals surface area contributed by atoms with Crippen molar-refractivity contribution in [1.29, 1.82) is 0 Å². The number of rotatable bonds is 10. The largest absolute Gasteiger partial charge is 0.395 e. The zero-order chi connectivity index (χ0) is 15.1. The van der Waals surface area contributed by atoms with E-state index in [4.69, 9.17) is 4.74 Å². The highest BCUT2D eigenvalue weighted by Crippen LogP contribution is 2.41. The Balaban J connectivity index is 1.92. The van der Waals surface area contributed by atoms with Crippen LogP contribution in [0.1, 0.15) is 45.4 Å². The first-order valence-electron chi connectivity index (χ1n) is 8.74. The molecular weight excluding hydrogens is 264 g/mol. The molecule has 0 bridgehead atoms. The molecule has 0 saturated heterocycles. The molecule has 2 aliphatic carbocycles. The summed E-state index contributed by atoms with van der Waals surface area (Å²) in [4.78, 5) is 2.55. The molecule has 2 atom stereocenters. The van der Waals surface area contributed by atoms with Crippen molar-refractivity contribution in [3.8, 4) is 0 Å². The lowest BCUT2D eigenvalue weighted by Crippen LogP contribution is -2.48. The van der Waals surface area contributed by atoms with Crippen molar-refractivity contribution in [3.05, 3.63) is 0 Å². The second-order valence-corrected chi connectivity index (χ2v) is 7.30. The molecule has 21 heavy (non-hydrogen) atoms. The molecule has 0 heterocycles. The van der Waals surface area contributed by atoms with Crippen LogP contribution in [0.4, 0.5) is 0 Å². The molecule has 0 spiro atoms. The van der Waals surface area contributed by atoms with Crippen LogP contribution in [0.2, 0.25) is 0 Å². The number of nitrogens with one attached hydrogen (secondary N) is 1. The van der Waals surface area contributed by atoms with E-state index in [1.807, 2.05) is 0 Å². The van der Waals surface area contributed by atoms with Gasteiger partial charge in [0.2, 0.25) is 0 Å². The third-order valence-corrected chi connectivity index (χ3v) is 5.16. The van der Waals surface area contributed by atoms with Crippen LogP contribution < -0.4 is 5.32 Å². The molecule has 0 aliphatic heterocycles. The van der Waals surface area contributed by atoms with Gasteiger partial charge in [-0.15, -0.1) is 0 Å². The number of ether oxygens (including phenoxy) is 1. The minimum Gasteiger partial charge on any atom is -0.395 e. The van der Waals surface area contributed by atoms with E-state index >= 15 is 0 Å². The monoisotopic (exact) mass is 298 g/mol. The van der Waals surface area contributed by atoms with Gasteiger partial charge in [0, 0.05) is 39.3 Å². The fourth-order valence-corrected chi connectivity index (χ4v) is 4.05. The van der Waals surface area contributed by atoms with Crippen molar-refractivity contribution in [3.63, 3.8) is 0 Å². The first-order chi connectivity index (χ1) is 10.2. The zero-order valence-corrected chi connectivity index (χ0v) is 13.9. The molecule has 4 nitrogen and oxygen atoms in total. The van der Waals surface area contributed by atoms with Gasteiger partial charge in [0.1, 0.15) is 0 Å². The van der Waals surface area contributed by atoms with Gasteiger partial charge in [-0.1, -0.05) is 19.8 Å². The lowest BCUT2D eigenvalue weighted by atomic mass is 9.69. The van der Waals surface area contributed by atoms with Crippen molar-refractivity contribution in [2.45, 2.75) is 51.5 Å². The van der Waals surface area contributed by atoms with E-state index in [9.17, 15) is 5.11 Å². The maximum absolute atomic E-state index is 9.35. The number of hydrogen-bond donors (Lipinski definition) is 2. The topological polar surface area (TPSA) is 44.7 Å². The molecule has 0 aromatic carbocycles. The number of nitrogens with zero attached hydrogens (tertiary/aromatic N) is 1. The van der Waals surface area contributed by atoms with Crippen LogP contribution in [0, 0.1) is 11.3 Å². The Morgan fingerprint density at radius 1 is 1.33 bits per heavy atom. The molecule has 0 radical (unpaired) electrons. The summed E-state index contributed by atoms with van der Waals surface area (Å²) in [5.41, 5.74) is 0.392. The van der Waals surface area contributed by atoms with Crippen LogP contribution in [-0.2, 0) is 4.74 Å². The van der Waals surface area contributed by atoms with E-state index in [0.717, 1.165) is 44.7 Å². The van der Waals surface area contributed by atoms with Crippen LogP contribution in [0.5, 0.6) is 0 Å². The third kappa shape index (κ3) is 5.51. The Morgan fingerprint density at radius 2 is 2.14 bits per heavy atom. The lowest BCUT2D eigenvalue weighted by molar-refractivity contribution is 0.0644. The quantitative estimate of drug-likeness (QED) is 0.605. The molecule has 4 heteroatoms. The number of methoxy groups -OCH3 is 1. The van der Waals surface area contributed by atoms with Gasteiger partial charge in [-0.05, 0) is 37.0 Å². The number of hydrogen-bond acceptors (Lipinski definition) is 4. The van der Waals surface area contributed by atoms with Crippen LogP contribution in [0.3, 0.4) is 0 Å². The molecule has 2 fully saturated rings.